The van der Waals surface area contributed by atoms with Crippen LogP contribution >= 0.6 is 0 Å². The Morgan fingerprint density at radius 1 is 1.15 bits per heavy atom. The molecular formula is C26H29N5O2. The topological polar surface area (TPSA) is 95.1 Å². The Labute approximate surface area is 193 Å². The first-order chi connectivity index (χ1) is 16.1. The van der Waals surface area contributed by atoms with Crippen molar-refractivity contribution in [2.75, 3.05) is 12.3 Å². The number of para-hydroxylation sites is 2. The van der Waals surface area contributed by atoms with Gasteiger partial charge in [-0.15, -0.1) is 0 Å². The van der Waals surface area contributed by atoms with E-state index in [1.54, 1.807) is 0 Å². The molecule has 4 aromatic rings. The maximum absolute atomic E-state index is 13.4. The number of aryl methyl sites for hydroxylation is 1. The van der Waals surface area contributed by atoms with Crippen molar-refractivity contribution in [2.45, 2.75) is 51.3 Å². The molecule has 0 unspecified atom stereocenters. The Morgan fingerprint density at radius 3 is 2.61 bits per heavy atom. The third kappa shape index (κ3) is 4.41. The molecule has 7 nitrogen and oxygen atoms in total. The van der Waals surface area contributed by atoms with Crippen LogP contribution in [0.5, 0.6) is 0 Å². The number of benzene rings is 2. The maximum atomic E-state index is 13.4. The largest absolute Gasteiger partial charge is 0.384 e. The van der Waals surface area contributed by atoms with E-state index in [-0.39, 0.29) is 18.1 Å². The molecule has 170 valence electrons. The van der Waals surface area contributed by atoms with Crippen LogP contribution in [0.2, 0.25) is 0 Å². The van der Waals surface area contributed by atoms with Gasteiger partial charge in [-0.3, -0.25) is 4.79 Å². The van der Waals surface area contributed by atoms with E-state index in [1.165, 1.54) is 5.56 Å². The molecule has 0 bridgehead atoms. The van der Waals surface area contributed by atoms with Gasteiger partial charge in [0.05, 0.1) is 23.7 Å². The summed E-state index contributed by atoms with van der Waals surface area (Å²) >= 11 is 0. The second kappa shape index (κ2) is 9.19. The highest BCUT2D eigenvalue weighted by atomic mass is 16.5. The van der Waals surface area contributed by atoms with Crippen molar-refractivity contribution < 1.29 is 9.53 Å². The van der Waals surface area contributed by atoms with Crippen molar-refractivity contribution in [1.29, 1.82) is 0 Å². The van der Waals surface area contributed by atoms with Gasteiger partial charge in [0.15, 0.2) is 5.65 Å². The quantitative estimate of drug-likeness (QED) is 0.448. The fourth-order valence-corrected chi connectivity index (χ4v) is 4.51. The number of fused-ring (bicyclic) bond motifs is 2. The summed E-state index contributed by atoms with van der Waals surface area (Å²) in [5.41, 5.74) is 10.9. The van der Waals surface area contributed by atoms with Crippen molar-refractivity contribution in [3.05, 3.63) is 65.7 Å². The minimum atomic E-state index is -0.214. The van der Waals surface area contributed by atoms with Crippen LogP contribution in [0.25, 0.3) is 22.2 Å². The molecule has 3 N–H and O–H groups in total. The number of nitrogens with one attached hydrogen (secondary N) is 1. The Hall–Kier alpha value is -3.45. The number of aromatic nitrogens is 3. The van der Waals surface area contributed by atoms with Gasteiger partial charge in [-0.2, -0.15) is 0 Å². The number of hydrogen-bond donors (Lipinski definition) is 2. The van der Waals surface area contributed by atoms with Gasteiger partial charge in [0, 0.05) is 12.6 Å². The molecule has 0 saturated carbocycles. The number of nitrogen functional groups attached to an aromatic ring is 1. The number of ether oxygens (including phenoxy) is 1. The van der Waals surface area contributed by atoms with Gasteiger partial charge in [-0.25, -0.2) is 9.97 Å². The van der Waals surface area contributed by atoms with Gasteiger partial charge >= 0.3 is 0 Å². The van der Waals surface area contributed by atoms with Crippen LogP contribution < -0.4 is 11.1 Å². The number of rotatable bonds is 7. The van der Waals surface area contributed by atoms with Crippen molar-refractivity contribution >= 4 is 33.9 Å². The highest BCUT2D eigenvalue weighted by Gasteiger charge is 2.27. The van der Waals surface area contributed by atoms with Crippen LogP contribution in [0.1, 0.15) is 42.1 Å². The molecule has 1 aliphatic heterocycles. The van der Waals surface area contributed by atoms with E-state index in [2.05, 4.69) is 17.4 Å². The number of carbonyl (C=O) groups is 1. The Bertz CT molecular complexity index is 1280. The predicted octanol–water partition coefficient (Wildman–Crippen LogP) is 4.10. The zero-order valence-electron chi connectivity index (χ0n) is 18.8. The zero-order valence-corrected chi connectivity index (χ0v) is 18.8. The van der Waals surface area contributed by atoms with E-state index in [4.69, 9.17) is 20.4 Å². The molecule has 0 radical (unpaired) electrons. The Kier molecular flexibility index (Phi) is 5.96. The zero-order chi connectivity index (χ0) is 22.8. The van der Waals surface area contributed by atoms with E-state index in [1.807, 2.05) is 54.0 Å². The third-order valence-electron chi connectivity index (χ3n) is 6.32. The Morgan fingerprint density at radius 2 is 1.88 bits per heavy atom. The minimum absolute atomic E-state index is 0.0120. The monoisotopic (exact) mass is 443 g/mol. The molecule has 3 heterocycles. The number of amides is 1. The molecule has 2 aromatic carbocycles. The van der Waals surface area contributed by atoms with Crippen molar-refractivity contribution in [3.8, 4) is 0 Å². The van der Waals surface area contributed by atoms with E-state index in [9.17, 15) is 4.79 Å². The first-order valence-corrected chi connectivity index (χ1v) is 11.6. The lowest BCUT2D eigenvalue weighted by atomic mass is 10.1. The molecule has 1 amide bonds. The fourth-order valence-electron chi connectivity index (χ4n) is 4.51. The summed E-state index contributed by atoms with van der Waals surface area (Å²) in [5, 5.41) is 3.12. The van der Waals surface area contributed by atoms with Crippen LogP contribution in [0, 0.1) is 0 Å². The van der Waals surface area contributed by atoms with Crippen LogP contribution in [0.15, 0.2) is 54.6 Å². The lowest BCUT2D eigenvalue weighted by molar-refractivity contribution is 0.0936. The maximum Gasteiger partial charge on any atom is 0.257 e. The van der Waals surface area contributed by atoms with Crippen LogP contribution in [0.3, 0.4) is 0 Å². The summed E-state index contributed by atoms with van der Waals surface area (Å²) in [6.45, 7) is 3.33. The summed E-state index contributed by atoms with van der Waals surface area (Å²) in [4.78, 5) is 23.0. The number of carbonyl (C=O) groups excluding carboxylic acids is 1. The minimum Gasteiger partial charge on any atom is -0.384 e. The van der Waals surface area contributed by atoms with Crippen LogP contribution in [-0.2, 0) is 17.7 Å². The molecule has 7 heteroatoms. The summed E-state index contributed by atoms with van der Waals surface area (Å²) in [6, 6.07) is 17.9. The second-order valence-corrected chi connectivity index (χ2v) is 8.79. The fraction of sp³-hybridized carbons (Fsp3) is 0.346. The first-order valence-electron chi connectivity index (χ1n) is 11.6. The molecule has 0 spiro atoms. The van der Waals surface area contributed by atoms with Crippen LogP contribution in [0.4, 0.5) is 5.82 Å². The average Bonchev–Trinajstić information content (AvgIpc) is 3.43. The molecule has 33 heavy (non-hydrogen) atoms. The van der Waals surface area contributed by atoms with E-state index >= 15 is 0 Å². The average molecular weight is 444 g/mol. The SMILES string of the molecule is C[C@@H](CCc1ccccc1)NC(=O)c1c(N)n(C[C@@H]2CCCO2)c2nc3ccccc3nc12. The van der Waals surface area contributed by atoms with Gasteiger partial charge in [0.2, 0.25) is 0 Å². The highest BCUT2D eigenvalue weighted by molar-refractivity contribution is 6.10. The normalized spacial score (nSPS) is 16.9. The van der Waals surface area contributed by atoms with E-state index in [0.717, 1.165) is 43.3 Å². The van der Waals surface area contributed by atoms with Crippen molar-refractivity contribution in [3.63, 3.8) is 0 Å². The molecule has 1 fully saturated rings. The lowest BCUT2D eigenvalue weighted by Crippen LogP contribution is -2.33. The summed E-state index contributed by atoms with van der Waals surface area (Å²) in [6.07, 6.45) is 3.79. The molecule has 2 aromatic heterocycles. The molecular weight excluding hydrogens is 414 g/mol. The number of hydrogen-bond acceptors (Lipinski definition) is 5. The van der Waals surface area contributed by atoms with Gasteiger partial charge < -0.3 is 20.4 Å². The number of nitrogens with two attached hydrogens (primary N) is 1. The summed E-state index contributed by atoms with van der Waals surface area (Å²) in [7, 11) is 0. The van der Waals surface area contributed by atoms with Gasteiger partial charge in [0.25, 0.3) is 5.91 Å². The lowest BCUT2D eigenvalue weighted by Gasteiger charge is -2.15. The predicted molar refractivity (Wildman–Crippen MR) is 130 cm³/mol. The summed E-state index contributed by atoms with van der Waals surface area (Å²) in [5.74, 6) is 0.178. The first kappa shape index (κ1) is 21.4. The van der Waals surface area contributed by atoms with Gasteiger partial charge in [0.1, 0.15) is 16.9 Å². The van der Waals surface area contributed by atoms with Gasteiger partial charge in [-0.05, 0) is 50.3 Å². The number of anilines is 1. The molecule has 0 aliphatic carbocycles. The van der Waals surface area contributed by atoms with E-state index < -0.39 is 0 Å². The third-order valence-corrected chi connectivity index (χ3v) is 6.32. The molecule has 5 rings (SSSR count). The van der Waals surface area contributed by atoms with Gasteiger partial charge in [-0.1, -0.05) is 42.5 Å². The standard InChI is InChI=1S/C26H29N5O2/c1-17(13-14-18-8-3-2-4-9-18)28-26(32)22-23-25(30-21-12-6-5-11-20(21)29-23)31(24(22)27)16-19-10-7-15-33-19/h2-6,8-9,11-12,17,19H,7,10,13-16,27H2,1H3,(H,28,32)/t17-,19-/m0/s1. The molecule has 1 aliphatic rings. The van der Waals surface area contributed by atoms with Crippen LogP contribution in [-0.4, -0.2) is 39.2 Å². The smallest absolute Gasteiger partial charge is 0.257 e. The van der Waals surface area contributed by atoms with E-state index in [0.29, 0.717) is 29.1 Å². The molecule has 2 atom stereocenters. The second-order valence-electron chi connectivity index (χ2n) is 8.79. The van der Waals surface area contributed by atoms with Crippen molar-refractivity contribution in [1.82, 2.24) is 19.9 Å². The highest BCUT2D eigenvalue weighted by Crippen LogP contribution is 2.29. The Balaban J connectivity index is 1.46. The summed E-state index contributed by atoms with van der Waals surface area (Å²) < 4.78 is 7.73. The number of nitrogens with zero attached hydrogens (tertiary/aromatic N) is 3. The molecule has 1 saturated heterocycles. The van der Waals surface area contributed by atoms with Crippen molar-refractivity contribution in [2.24, 2.45) is 0 Å².